The summed E-state index contributed by atoms with van der Waals surface area (Å²) < 4.78 is 6.15. The highest BCUT2D eigenvalue weighted by molar-refractivity contribution is 8.00. The van der Waals surface area contributed by atoms with Gasteiger partial charge in [0.15, 0.2) is 4.34 Å². The number of hydrogen-bond donors (Lipinski definition) is 2. The maximum absolute atomic E-state index is 9.19. The quantitative estimate of drug-likeness (QED) is 0.629. The van der Waals surface area contributed by atoms with Gasteiger partial charge in [0.25, 0.3) is 0 Å². The number of nitrogens with zero attached hydrogens (tertiary/aromatic N) is 2. The number of aromatic nitrogens is 2. The Balaban J connectivity index is 2.15. The summed E-state index contributed by atoms with van der Waals surface area (Å²) in [7, 11) is 0.117. The van der Waals surface area contributed by atoms with Crippen LogP contribution in [0.25, 0.3) is 0 Å². The van der Waals surface area contributed by atoms with Crippen LogP contribution in [0.5, 0.6) is 5.75 Å². The van der Waals surface area contributed by atoms with E-state index in [1.54, 1.807) is 37.1 Å². The van der Waals surface area contributed by atoms with Crippen molar-refractivity contribution >= 4 is 35.7 Å². The normalized spacial score (nSPS) is 10.5. The highest BCUT2D eigenvalue weighted by Crippen LogP contribution is 2.29. The van der Waals surface area contributed by atoms with Crippen LogP contribution in [0, 0.1) is 6.92 Å². The molecule has 1 aromatic heterocycles. The number of ether oxygens (including phenoxy) is 1. The lowest BCUT2D eigenvalue weighted by molar-refractivity contribution is 0.410. The molecule has 0 aliphatic heterocycles. The third kappa shape index (κ3) is 3.69. The number of aryl methyl sites for hydroxylation is 1. The third-order valence-corrected chi connectivity index (χ3v) is 4.48. The van der Waals surface area contributed by atoms with Crippen molar-refractivity contribution in [1.82, 2.24) is 10.2 Å². The van der Waals surface area contributed by atoms with E-state index < -0.39 is 7.12 Å². The average molecular weight is 296 g/mol. The van der Waals surface area contributed by atoms with Crippen LogP contribution in [0.15, 0.2) is 22.5 Å². The van der Waals surface area contributed by atoms with Gasteiger partial charge in [0.1, 0.15) is 10.8 Å². The van der Waals surface area contributed by atoms with Crippen LogP contribution in [-0.2, 0) is 5.75 Å². The minimum atomic E-state index is -1.47. The van der Waals surface area contributed by atoms with Gasteiger partial charge in [-0.1, -0.05) is 35.2 Å². The summed E-state index contributed by atoms with van der Waals surface area (Å²) in [5, 5.41) is 27.3. The lowest BCUT2D eigenvalue weighted by atomic mass is 9.79. The van der Waals surface area contributed by atoms with E-state index in [1.165, 1.54) is 11.3 Å². The molecule has 0 fully saturated rings. The molecule has 5 nitrogen and oxygen atoms in total. The van der Waals surface area contributed by atoms with E-state index in [0.717, 1.165) is 20.7 Å². The van der Waals surface area contributed by atoms with Crippen LogP contribution in [0.3, 0.4) is 0 Å². The number of methoxy groups -OCH3 is 1. The van der Waals surface area contributed by atoms with E-state index in [2.05, 4.69) is 10.2 Å². The molecule has 0 saturated carbocycles. The molecule has 8 heteroatoms. The fraction of sp³-hybridized carbons (Fsp3) is 0.273. The molecule has 0 aliphatic carbocycles. The molecule has 2 rings (SSSR count). The van der Waals surface area contributed by atoms with E-state index in [1.807, 2.05) is 6.92 Å². The lowest BCUT2D eigenvalue weighted by Gasteiger charge is -2.09. The van der Waals surface area contributed by atoms with Crippen molar-refractivity contribution in [2.75, 3.05) is 7.11 Å². The second-order valence-electron chi connectivity index (χ2n) is 3.82. The topological polar surface area (TPSA) is 75.5 Å². The van der Waals surface area contributed by atoms with Gasteiger partial charge in [-0.2, -0.15) is 0 Å². The SMILES string of the molecule is COc1ccc(B(O)O)cc1CSc1nnc(C)s1. The minimum Gasteiger partial charge on any atom is -0.496 e. The number of benzene rings is 1. The van der Waals surface area contributed by atoms with Gasteiger partial charge in [0.2, 0.25) is 0 Å². The lowest BCUT2D eigenvalue weighted by Crippen LogP contribution is -2.30. The molecular formula is C11H13BN2O3S2. The van der Waals surface area contributed by atoms with E-state index in [0.29, 0.717) is 11.2 Å². The molecule has 1 aromatic carbocycles. The number of hydrogen-bond acceptors (Lipinski definition) is 7. The molecule has 0 amide bonds. The van der Waals surface area contributed by atoms with Crippen LogP contribution in [0.1, 0.15) is 10.6 Å². The third-order valence-electron chi connectivity index (χ3n) is 2.46. The predicted octanol–water partition coefficient (Wildman–Crippen LogP) is 0.827. The Labute approximate surface area is 119 Å². The molecule has 2 aromatic rings. The zero-order valence-corrected chi connectivity index (χ0v) is 12.2. The second-order valence-corrected chi connectivity index (χ2v) is 6.22. The molecule has 0 radical (unpaired) electrons. The first kappa shape index (κ1) is 14.3. The highest BCUT2D eigenvalue weighted by atomic mass is 32.2. The first-order chi connectivity index (χ1) is 9.10. The van der Waals surface area contributed by atoms with Crippen molar-refractivity contribution in [2.45, 2.75) is 17.0 Å². The summed E-state index contributed by atoms with van der Waals surface area (Å²) in [5.74, 6) is 1.36. The summed E-state index contributed by atoms with van der Waals surface area (Å²) in [6.07, 6.45) is 0. The van der Waals surface area contributed by atoms with Crippen LogP contribution in [0.2, 0.25) is 0 Å². The second kappa shape index (κ2) is 6.38. The summed E-state index contributed by atoms with van der Waals surface area (Å²) >= 11 is 3.08. The Kier molecular flexibility index (Phi) is 4.81. The molecule has 0 atom stereocenters. The summed E-state index contributed by atoms with van der Waals surface area (Å²) in [4.78, 5) is 0. The molecule has 100 valence electrons. The Morgan fingerprint density at radius 3 is 2.74 bits per heavy atom. The van der Waals surface area contributed by atoms with E-state index in [9.17, 15) is 10.0 Å². The van der Waals surface area contributed by atoms with Crippen LogP contribution in [-0.4, -0.2) is 34.5 Å². The molecule has 0 spiro atoms. The van der Waals surface area contributed by atoms with Gasteiger partial charge >= 0.3 is 7.12 Å². The molecule has 19 heavy (non-hydrogen) atoms. The molecule has 2 N–H and O–H groups in total. The Morgan fingerprint density at radius 2 is 2.16 bits per heavy atom. The van der Waals surface area contributed by atoms with Gasteiger partial charge in [0.05, 0.1) is 7.11 Å². The van der Waals surface area contributed by atoms with Crippen molar-refractivity contribution < 1.29 is 14.8 Å². The van der Waals surface area contributed by atoms with E-state index in [-0.39, 0.29) is 0 Å². The summed E-state index contributed by atoms with van der Waals surface area (Å²) in [6, 6.07) is 5.09. The predicted molar refractivity (Wildman–Crippen MR) is 77.0 cm³/mol. The highest BCUT2D eigenvalue weighted by Gasteiger charge is 2.14. The zero-order chi connectivity index (χ0) is 13.8. The van der Waals surface area contributed by atoms with Crippen LogP contribution < -0.4 is 10.2 Å². The van der Waals surface area contributed by atoms with Crippen molar-refractivity contribution in [3.8, 4) is 5.75 Å². The van der Waals surface area contributed by atoms with Gasteiger partial charge in [-0.15, -0.1) is 10.2 Å². The fourth-order valence-corrected chi connectivity index (χ4v) is 3.34. The molecule has 0 saturated heterocycles. The summed E-state index contributed by atoms with van der Waals surface area (Å²) in [5.41, 5.74) is 1.34. The maximum atomic E-state index is 9.19. The smallest absolute Gasteiger partial charge is 0.488 e. The monoisotopic (exact) mass is 296 g/mol. The van der Waals surface area contributed by atoms with Crippen molar-refractivity contribution in [3.63, 3.8) is 0 Å². The van der Waals surface area contributed by atoms with Gasteiger partial charge in [0, 0.05) is 11.3 Å². The molecule has 0 unspecified atom stereocenters. The molecular weight excluding hydrogens is 283 g/mol. The Morgan fingerprint density at radius 1 is 1.37 bits per heavy atom. The van der Waals surface area contributed by atoms with Gasteiger partial charge < -0.3 is 14.8 Å². The van der Waals surface area contributed by atoms with E-state index >= 15 is 0 Å². The molecule has 0 aliphatic rings. The maximum Gasteiger partial charge on any atom is 0.488 e. The van der Waals surface area contributed by atoms with E-state index in [4.69, 9.17) is 4.74 Å². The largest absolute Gasteiger partial charge is 0.496 e. The standard InChI is InChI=1S/C11H13BN2O3S2/c1-7-13-14-11(19-7)18-6-8-5-9(12(15)16)3-4-10(8)17-2/h3-5,15-16H,6H2,1-2H3. The fourth-order valence-electron chi connectivity index (χ4n) is 1.55. The van der Waals surface area contributed by atoms with Crippen molar-refractivity contribution in [3.05, 3.63) is 28.8 Å². The van der Waals surface area contributed by atoms with Gasteiger partial charge in [-0.25, -0.2) is 0 Å². The minimum absolute atomic E-state index is 0.449. The van der Waals surface area contributed by atoms with Gasteiger partial charge in [-0.3, -0.25) is 0 Å². The molecule has 1 heterocycles. The first-order valence-electron chi connectivity index (χ1n) is 5.56. The van der Waals surface area contributed by atoms with Crippen molar-refractivity contribution in [2.24, 2.45) is 0 Å². The van der Waals surface area contributed by atoms with Gasteiger partial charge in [-0.05, 0) is 18.5 Å². The Bertz CT molecular complexity index is 563. The van der Waals surface area contributed by atoms with Crippen LogP contribution in [0.4, 0.5) is 0 Å². The molecule has 0 bridgehead atoms. The number of rotatable bonds is 5. The first-order valence-corrected chi connectivity index (χ1v) is 7.36. The number of thioether (sulfide) groups is 1. The average Bonchev–Trinajstić information content (AvgIpc) is 2.81. The van der Waals surface area contributed by atoms with Crippen LogP contribution >= 0.6 is 23.1 Å². The zero-order valence-electron chi connectivity index (χ0n) is 10.5. The summed E-state index contributed by atoms with van der Waals surface area (Å²) in [6.45, 7) is 1.91. The van der Waals surface area contributed by atoms with Crippen molar-refractivity contribution in [1.29, 1.82) is 0 Å². The Hall–Kier alpha value is -1.09.